The van der Waals surface area contributed by atoms with Gasteiger partial charge in [-0.25, -0.2) is 4.39 Å². The number of piperidine rings is 1. The van der Waals surface area contributed by atoms with Gasteiger partial charge in [0.2, 0.25) is 0 Å². The molecule has 3 N–H and O–H groups in total. The number of aliphatic hydroxyl groups excluding tert-OH is 1. The van der Waals surface area contributed by atoms with Crippen molar-refractivity contribution in [1.29, 1.82) is 0 Å². The summed E-state index contributed by atoms with van der Waals surface area (Å²) in [6, 6.07) is 2.54. The van der Waals surface area contributed by atoms with Crippen LogP contribution in [0.3, 0.4) is 0 Å². The lowest BCUT2D eigenvalue weighted by Crippen LogP contribution is -2.41. The van der Waals surface area contributed by atoms with Gasteiger partial charge in [0.1, 0.15) is 5.82 Å². The quantitative estimate of drug-likeness (QED) is 0.745. The summed E-state index contributed by atoms with van der Waals surface area (Å²) >= 11 is 5.00. The number of aromatic amines is 2. The number of aromatic nitrogens is 2. The largest absolute Gasteiger partial charge is 0.396 e. The molecule has 3 rings (SSSR count). The van der Waals surface area contributed by atoms with Gasteiger partial charge in [-0.2, -0.15) is 0 Å². The second kappa shape index (κ2) is 5.57. The van der Waals surface area contributed by atoms with Gasteiger partial charge >= 0.3 is 0 Å². The van der Waals surface area contributed by atoms with Gasteiger partial charge < -0.3 is 20.0 Å². The fourth-order valence-electron chi connectivity index (χ4n) is 2.84. The van der Waals surface area contributed by atoms with Crippen LogP contribution in [0.1, 0.15) is 23.2 Å². The summed E-state index contributed by atoms with van der Waals surface area (Å²) in [6.45, 7) is 1.19. The molecule has 7 heteroatoms. The first-order chi connectivity index (χ1) is 10.1. The summed E-state index contributed by atoms with van der Waals surface area (Å²) in [5.74, 6) is -0.619. The lowest BCUT2D eigenvalue weighted by Gasteiger charge is -2.32. The molecule has 0 spiro atoms. The van der Waals surface area contributed by atoms with Crippen molar-refractivity contribution in [3.05, 3.63) is 28.3 Å². The van der Waals surface area contributed by atoms with Crippen LogP contribution in [0.15, 0.2) is 12.1 Å². The Morgan fingerprint density at radius 2 is 2.29 bits per heavy atom. The molecule has 1 aliphatic heterocycles. The predicted molar refractivity (Wildman–Crippen MR) is 79.2 cm³/mol. The molecular formula is C14H16FN3O2S. The number of hydrogen-bond acceptors (Lipinski definition) is 3. The van der Waals surface area contributed by atoms with Crippen LogP contribution >= 0.6 is 12.2 Å². The van der Waals surface area contributed by atoms with E-state index < -0.39 is 5.82 Å². The summed E-state index contributed by atoms with van der Waals surface area (Å²) in [5, 5.41) is 9.26. The average molecular weight is 309 g/mol. The Hall–Kier alpha value is -1.73. The van der Waals surface area contributed by atoms with E-state index in [1.54, 1.807) is 4.90 Å². The zero-order valence-electron chi connectivity index (χ0n) is 11.4. The van der Waals surface area contributed by atoms with E-state index >= 15 is 0 Å². The van der Waals surface area contributed by atoms with Gasteiger partial charge in [0, 0.05) is 19.7 Å². The van der Waals surface area contributed by atoms with E-state index in [0.717, 1.165) is 12.8 Å². The Labute approximate surface area is 125 Å². The maximum Gasteiger partial charge on any atom is 0.256 e. The van der Waals surface area contributed by atoms with Crippen molar-refractivity contribution in [1.82, 2.24) is 14.9 Å². The van der Waals surface area contributed by atoms with E-state index in [1.807, 2.05) is 0 Å². The zero-order valence-corrected chi connectivity index (χ0v) is 12.2. The molecule has 0 radical (unpaired) electrons. The molecule has 1 amide bonds. The van der Waals surface area contributed by atoms with Crippen molar-refractivity contribution < 1.29 is 14.3 Å². The number of benzene rings is 1. The maximum atomic E-state index is 13.7. The fourth-order valence-corrected chi connectivity index (χ4v) is 3.06. The third-order valence-electron chi connectivity index (χ3n) is 3.88. The molecule has 112 valence electrons. The van der Waals surface area contributed by atoms with Crippen LogP contribution in [0.25, 0.3) is 11.0 Å². The molecule has 0 saturated carbocycles. The number of aliphatic hydroxyl groups is 1. The van der Waals surface area contributed by atoms with Crippen molar-refractivity contribution in [3.63, 3.8) is 0 Å². The topological polar surface area (TPSA) is 72.1 Å². The molecule has 1 saturated heterocycles. The van der Waals surface area contributed by atoms with Gasteiger partial charge in [-0.1, -0.05) is 0 Å². The summed E-state index contributed by atoms with van der Waals surface area (Å²) in [6.07, 6.45) is 1.75. The highest BCUT2D eigenvalue weighted by Gasteiger charge is 2.26. The van der Waals surface area contributed by atoms with Crippen LogP contribution in [-0.2, 0) is 0 Å². The normalized spacial score (nSPS) is 19.1. The Balaban J connectivity index is 1.99. The Bertz CT molecular complexity index is 739. The summed E-state index contributed by atoms with van der Waals surface area (Å²) in [7, 11) is 0. The molecule has 1 aromatic heterocycles. The maximum absolute atomic E-state index is 13.7. The number of halogens is 1. The second-order valence-electron chi connectivity index (χ2n) is 5.40. The molecule has 0 bridgehead atoms. The van der Waals surface area contributed by atoms with E-state index in [0.29, 0.717) is 28.9 Å². The molecule has 1 aromatic carbocycles. The smallest absolute Gasteiger partial charge is 0.256 e. The van der Waals surface area contributed by atoms with Crippen LogP contribution in [-0.4, -0.2) is 45.6 Å². The van der Waals surface area contributed by atoms with E-state index in [9.17, 15) is 14.3 Å². The van der Waals surface area contributed by atoms with Crippen molar-refractivity contribution in [2.75, 3.05) is 19.7 Å². The molecule has 2 heterocycles. The number of carbonyl (C=O) groups excluding carboxylic acids is 1. The number of nitrogens with one attached hydrogen (secondary N) is 2. The van der Waals surface area contributed by atoms with E-state index in [4.69, 9.17) is 12.2 Å². The first kappa shape index (κ1) is 14.2. The second-order valence-corrected chi connectivity index (χ2v) is 5.81. The number of carbonyl (C=O) groups is 1. The van der Waals surface area contributed by atoms with Crippen LogP contribution in [0.2, 0.25) is 0 Å². The molecule has 21 heavy (non-hydrogen) atoms. The number of fused-ring (bicyclic) bond motifs is 1. The average Bonchev–Trinajstić information content (AvgIpc) is 2.85. The van der Waals surface area contributed by atoms with Gasteiger partial charge in [0.25, 0.3) is 5.91 Å². The number of imidazole rings is 1. The third kappa shape index (κ3) is 2.71. The van der Waals surface area contributed by atoms with Crippen LogP contribution in [0.4, 0.5) is 4.39 Å². The van der Waals surface area contributed by atoms with Crippen LogP contribution in [0.5, 0.6) is 0 Å². The minimum atomic E-state index is -0.480. The number of nitrogens with zero attached hydrogens (tertiary/aromatic N) is 1. The standard InChI is InChI=1S/C14H16FN3O2S/c15-9-4-10(12-11(5-9)16-14(21)17-12)13(20)18-3-1-2-8(6-18)7-19/h4-5,8,19H,1-3,6-7H2,(H2,16,17,21). The summed E-state index contributed by atoms with van der Waals surface area (Å²) < 4.78 is 14.1. The molecule has 2 aromatic rings. The number of hydrogen-bond donors (Lipinski definition) is 3. The van der Waals surface area contributed by atoms with Crippen molar-refractivity contribution in [2.24, 2.45) is 5.92 Å². The van der Waals surface area contributed by atoms with Gasteiger partial charge in [0.15, 0.2) is 4.77 Å². The van der Waals surface area contributed by atoms with Gasteiger partial charge in [-0.3, -0.25) is 4.79 Å². The lowest BCUT2D eigenvalue weighted by molar-refractivity contribution is 0.0622. The molecule has 1 fully saturated rings. The molecular weight excluding hydrogens is 293 g/mol. The van der Waals surface area contributed by atoms with E-state index in [2.05, 4.69) is 9.97 Å². The third-order valence-corrected chi connectivity index (χ3v) is 4.09. The monoisotopic (exact) mass is 309 g/mol. The Morgan fingerprint density at radius 3 is 3.05 bits per heavy atom. The first-order valence-electron chi connectivity index (χ1n) is 6.90. The van der Waals surface area contributed by atoms with Gasteiger partial charge in [-0.15, -0.1) is 0 Å². The van der Waals surface area contributed by atoms with Gasteiger partial charge in [0.05, 0.1) is 16.6 Å². The molecule has 1 atom stereocenters. The zero-order chi connectivity index (χ0) is 15.0. The minimum Gasteiger partial charge on any atom is -0.396 e. The Morgan fingerprint density at radius 1 is 1.48 bits per heavy atom. The number of amides is 1. The molecule has 1 unspecified atom stereocenters. The summed E-state index contributed by atoms with van der Waals surface area (Å²) in [4.78, 5) is 20.0. The van der Waals surface area contributed by atoms with Crippen molar-refractivity contribution in [2.45, 2.75) is 12.8 Å². The number of H-pyrrole nitrogens is 2. The number of likely N-dealkylation sites (tertiary alicyclic amines) is 1. The molecule has 0 aliphatic carbocycles. The highest BCUT2D eigenvalue weighted by molar-refractivity contribution is 7.71. The van der Waals surface area contributed by atoms with Gasteiger partial charge in [-0.05, 0) is 43.1 Å². The highest BCUT2D eigenvalue weighted by atomic mass is 32.1. The minimum absolute atomic E-state index is 0.0644. The van der Waals surface area contributed by atoms with Crippen LogP contribution in [0, 0.1) is 16.5 Å². The SMILES string of the molecule is O=C(c1cc(F)cc2[nH]c(=S)[nH]c12)N1CCCC(CO)C1. The first-order valence-corrected chi connectivity index (χ1v) is 7.31. The highest BCUT2D eigenvalue weighted by Crippen LogP contribution is 2.23. The Kier molecular flexibility index (Phi) is 3.77. The summed E-state index contributed by atoms with van der Waals surface area (Å²) in [5.41, 5.74) is 1.28. The molecule has 1 aliphatic rings. The van der Waals surface area contributed by atoms with Crippen LogP contribution < -0.4 is 0 Å². The predicted octanol–water partition coefficient (Wildman–Crippen LogP) is 2.21. The fraction of sp³-hybridized carbons (Fsp3) is 0.429. The lowest BCUT2D eigenvalue weighted by atomic mass is 9.98. The van der Waals surface area contributed by atoms with Crippen molar-refractivity contribution in [3.8, 4) is 0 Å². The van der Waals surface area contributed by atoms with E-state index in [1.165, 1.54) is 12.1 Å². The molecule has 5 nitrogen and oxygen atoms in total. The number of rotatable bonds is 2. The van der Waals surface area contributed by atoms with E-state index in [-0.39, 0.29) is 24.0 Å². The van der Waals surface area contributed by atoms with Crippen molar-refractivity contribution >= 4 is 29.2 Å².